The van der Waals surface area contributed by atoms with Crippen LogP contribution in [0.25, 0.3) is 0 Å². The summed E-state index contributed by atoms with van der Waals surface area (Å²) in [5.41, 5.74) is -0.234. The summed E-state index contributed by atoms with van der Waals surface area (Å²) >= 11 is 5.68. The van der Waals surface area contributed by atoms with Crippen molar-refractivity contribution in [1.82, 2.24) is 14.8 Å². The number of hydrogen-bond acceptors (Lipinski definition) is 2. The van der Waals surface area contributed by atoms with Gasteiger partial charge in [0.05, 0.1) is 5.38 Å². The number of alkyl halides is 1. The molecule has 1 rings (SSSR count). The van der Waals surface area contributed by atoms with Gasteiger partial charge >= 0.3 is 5.69 Å². The van der Waals surface area contributed by atoms with E-state index in [1.807, 2.05) is 0 Å². The third kappa shape index (κ3) is 1.07. The van der Waals surface area contributed by atoms with E-state index in [9.17, 15) is 4.79 Å². The van der Waals surface area contributed by atoms with E-state index < -0.39 is 0 Å². The largest absolute Gasteiger partial charge is 0.343 e. The number of H-pyrrole nitrogens is 1. The van der Waals surface area contributed by atoms with Gasteiger partial charge in [-0.3, -0.25) is 4.57 Å². The van der Waals surface area contributed by atoms with E-state index in [4.69, 9.17) is 11.6 Å². The molecule has 0 fully saturated rings. The molecule has 0 spiro atoms. The molecular formula is C5H8ClN3O. The van der Waals surface area contributed by atoms with Gasteiger partial charge in [-0.25, -0.2) is 9.89 Å². The second-order valence-corrected chi connectivity index (χ2v) is 2.72. The van der Waals surface area contributed by atoms with Gasteiger partial charge in [0.2, 0.25) is 0 Å². The molecule has 0 aromatic carbocycles. The van der Waals surface area contributed by atoms with Crippen LogP contribution in [-0.4, -0.2) is 14.8 Å². The van der Waals surface area contributed by atoms with Crippen molar-refractivity contribution in [3.8, 4) is 0 Å². The van der Waals surface area contributed by atoms with E-state index in [0.29, 0.717) is 5.82 Å². The fraction of sp³-hybridized carbons (Fsp3) is 0.600. The Labute approximate surface area is 62.8 Å². The summed E-state index contributed by atoms with van der Waals surface area (Å²) in [6.07, 6.45) is 0. The maximum atomic E-state index is 10.7. The zero-order chi connectivity index (χ0) is 7.72. The average molecular weight is 162 g/mol. The minimum atomic E-state index is -0.234. The van der Waals surface area contributed by atoms with Crippen LogP contribution in [0.1, 0.15) is 18.1 Å². The van der Waals surface area contributed by atoms with Crippen molar-refractivity contribution in [3.05, 3.63) is 16.3 Å². The van der Waals surface area contributed by atoms with Crippen molar-refractivity contribution in [1.29, 1.82) is 0 Å². The van der Waals surface area contributed by atoms with Gasteiger partial charge in [-0.2, -0.15) is 5.10 Å². The second-order valence-electron chi connectivity index (χ2n) is 2.06. The molecule has 0 aliphatic rings. The Morgan fingerprint density at radius 1 is 1.80 bits per heavy atom. The Kier molecular flexibility index (Phi) is 1.80. The average Bonchev–Trinajstić information content (AvgIpc) is 2.14. The monoisotopic (exact) mass is 161 g/mol. The molecule has 0 amide bonds. The predicted molar refractivity (Wildman–Crippen MR) is 38.1 cm³/mol. The summed E-state index contributed by atoms with van der Waals surface area (Å²) in [6.45, 7) is 1.76. The van der Waals surface area contributed by atoms with Crippen LogP contribution >= 0.6 is 11.6 Å². The van der Waals surface area contributed by atoms with Gasteiger partial charge in [0.15, 0.2) is 5.82 Å². The fourth-order valence-electron chi connectivity index (χ4n) is 0.715. The van der Waals surface area contributed by atoms with Crippen LogP contribution in [0, 0.1) is 0 Å². The van der Waals surface area contributed by atoms with Gasteiger partial charge in [0.1, 0.15) is 0 Å². The summed E-state index contributed by atoms with van der Waals surface area (Å²) in [5.74, 6) is 0.562. The minimum Gasteiger partial charge on any atom is -0.281 e. The third-order valence-corrected chi connectivity index (χ3v) is 1.47. The molecule has 1 N–H and O–H groups in total. The zero-order valence-electron chi connectivity index (χ0n) is 5.76. The zero-order valence-corrected chi connectivity index (χ0v) is 6.51. The van der Waals surface area contributed by atoms with Gasteiger partial charge in [0, 0.05) is 7.05 Å². The van der Waals surface area contributed by atoms with Crippen molar-refractivity contribution in [2.45, 2.75) is 12.3 Å². The molecule has 0 aliphatic carbocycles. The molecule has 0 radical (unpaired) electrons. The maximum Gasteiger partial charge on any atom is 0.343 e. The molecule has 10 heavy (non-hydrogen) atoms. The highest BCUT2D eigenvalue weighted by molar-refractivity contribution is 6.20. The molecule has 1 heterocycles. The van der Waals surface area contributed by atoms with Crippen molar-refractivity contribution in [2.24, 2.45) is 7.05 Å². The van der Waals surface area contributed by atoms with Crippen LogP contribution in [0.4, 0.5) is 0 Å². The van der Waals surface area contributed by atoms with Gasteiger partial charge in [-0.15, -0.1) is 11.6 Å². The first-order valence-corrected chi connectivity index (χ1v) is 3.32. The summed E-state index contributed by atoms with van der Waals surface area (Å²) < 4.78 is 1.39. The van der Waals surface area contributed by atoms with E-state index in [1.165, 1.54) is 4.57 Å². The molecule has 4 nitrogen and oxygen atoms in total. The SMILES string of the molecule is C[C@@H](Cl)c1n[nH]c(=O)n1C. The number of rotatable bonds is 1. The molecule has 1 atom stereocenters. The van der Waals surface area contributed by atoms with Gasteiger partial charge in [0.25, 0.3) is 0 Å². The minimum absolute atomic E-state index is 0.232. The van der Waals surface area contributed by atoms with Crippen LogP contribution < -0.4 is 5.69 Å². The maximum absolute atomic E-state index is 10.7. The van der Waals surface area contributed by atoms with Gasteiger partial charge in [-0.1, -0.05) is 0 Å². The van der Waals surface area contributed by atoms with Gasteiger partial charge in [-0.05, 0) is 6.92 Å². The highest BCUT2D eigenvalue weighted by Gasteiger charge is 2.08. The number of hydrogen-bond donors (Lipinski definition) is 1. The first-order valence-electron chi connectivity index (χ1n) is 2.88. The molecule has 0 aliphatic heterocycles. The lowest BCUT2D eigenvalue weighted by Gasteiger charge is -1.98. The normalized spacial score (nSPS) is 13.5. The number of aromatic amines is 1. The van der Waals surface area contributed by atoms with Crippen molar-refractivity contribution in [3.63, 3.8) is 0 Å². The quantitative estimate of drug-likeness (QED) is 0.607. The van der Waals surface area contributed by atoms with Crippen LogP contribution in [-0.2, 0) is 7.05 Å². The summed E-state index contributed by atoms with van der Waals surface area (Å²) in [7, 11) is 1.63. The topological polar surface area (TPSA) is 50.7 Å². The number of nitrogens with one attached hydrogen (secondary N) is 1. The van der Waals surface area contributed by atoms with Crippen molar-refractivity contribution >= 4 is 11.6 Å². The van der Waals surface area contributed by atoms with E-state index in [2.05, 4.69) is 10.2 Å². The summed E-state index contributed by atoms with van der Waals surface area (Å²) in [6, 6.07) is 0. The molecule has 0 saturated heterocycles. The molecular weight excluding hydrogens is 154 g/mol. The summed E-state index contributed by atoms with van der Waals surface area (Å²) in [4.78, 5) is 10.7. The van der Waals surface area contributed by atoms with Crippen LogP contribution in [0.2, 0.25) is 0 Å². The molecule has 0 bridgehead atoms. The highest BCUT2D eigenvalue weighted by Crippen LogP contribution is 2.13. The molecule has 1 aromatic heterocycles. The Hall–Kier alpha value is -0.770. The fourth-order valence-corrected chi connectivity index (χ4v) is 0.910. The van der Waals surface area contributed by atoms with Crippen molar-refractivity contribution in [2.75, 3.05) is 0 Å². The highest BCUT2D eigenvalue weighted by atomic mass is 35.5. The first kappa shape index (κ1) is 7.34. The summed E-state index contributed by atoms with van der Waals surface area (Å²) in [5, 5.41) is 5.77. The Bertz CT molecular complexity index is 275. The second kappa shape index (κ2) is 2.46. The third-order valence-electron chi connectivity index (χ3n) is 1.27. The Morgan fingerprint density at radius 3 is 2.60 bits per heavy atom. The molecule has 1 aromatic rings. The van der Waals surface area contributed by atoms with E-state index in [1.54, 1.807) is 14.0 Å². The van der Waals surface area contributed by atoms with E-state index >= 15 is 0 Å². The lowest BCUT2D eigenvalue weighted by molar-refractivity contribution is 0.773. The first-order chi connectivity index (χ1) is 4.63. The molecule has 0 saturated carbocycles. The predicted octanol–water partition coefficient (Wildman–Crippen LogP) is 0.408. The number of aromatic nitrogens is 3. The van der Waals surface area contributed by atoms with Crippen molar-refractivity contribution < 1.29 is 0 Å². The lowest BCUT2D eigenvalue weighted by atomic mass is 10.4. The molecule has 0 unspecified atom stereocenters. The van der Waals surface area contributed by atoms with Gasteiger partial charge < -0.3 is 0 Å². The number of halogens is 1. The van der Waals surface area contributed by atoms with Crippen LogP contribution in [0.5, 0.6) is 0 Å². The van der Waals surface area contributed by atoms with Crippen LogP contribution in [0.3, 0.4) is 0 Å². The number of nitrogens with zero attached hydrogens (tertiary/aromatic N) is 2. The Morgan fingerprint density at radius 2 is 2.40 bits per heavy atom. The molecule has 56 valence electrons. The van der Waals surface area contributed by atoms with E-state index in [-0.39, 0.29) is 11.1 Å². The standard InChI is InChI=1S/C5H8ClN3O/c1-3(6)4-7-8-5(10)9(4)2/h3H,1-2H3,(H,8,10)/t3-/m1/s1. The van der Waals surface area contributed by atoms with E-state index in [0.717, 1.165) is 0 Å². The lowest BCUT2D eigenvalue weighted by Crippen LogP contribution is -2.14. The molecule has 5 heteroatoms. The smallest absolute Gasteiger partial charge is 0.281 e. The Balaban J connectivity index is 3.18. The van der Waals surface area contributed by atoms with Crippen LogP contribution in [0.15, 0.2) is 4.79 Å².